The SMILES string of the molecule is Cc1ccc(-c2nc(CCNC(=O)Nc3ccc(S(N)(=O)=O)cc3)cs2)cc1. The van der Waals surface area contributed by atoms with E-state index in [9.17, 15) is 13.2 Å². The molecule has 1 aromatic heterocycles. The third-order valence-electron chi connectivity index (χ3n) is 3.96. The zero-order valence-electron chi connectivity index (χ0n) is 15.2. The lowest BCUT2D eigenvalue weighted by Crippen LogP contribution is -2.30. The number of aryl methyl sites for hydroxylation is 1. The number of thiazole rings is 1. The minimum absolute atomic E-state index is 0.00799. The van der Waals surface area contributed by atoms with Crippen LogP contribution in [0.4, 0.5) is 10.5 Å². The summed E-state index contributed by atoms with van der Waals surface area (Å²) in [6, 6.07) is 13.5. The van der Waals surface area contributed by atoms with Gasteiger partial charge in [0.1, 0.15) is 5.01 Å². The first-order valence-corrected chi connectivity index (χ1v) is 10.9. The van der Waals surface area contributed by atoms with Crippen molar-refractivity contribution in [3.63, 3.8) is 0 Å². The molecule has 0 atom stereocenters. The first-order valence-electron chi connectivity index (χ1n) is 8.50. The Kier molecular flexibility index (Phi) is 6.08. The lowest BCUT2D eigenvalue weighted by molar-refractivity contribution is 0.252. The molecule has 0 spiro atoms. The Balaban J connectivity index is 1.48. The van der Waals surface area contributed by atoms with Crippen LogP contribution in [0.1, 0.15) is 11.3 Å². The highest BCUT2D eigenvalue weighted by molar-refractivity contribution is 7.89. The molecule has 4 N–H and O–H groups in total. The number of aromatic nitrogens is 1. The molecular weight excluding hydrogens is 396 g/mol. The number of carbonyl (C=O) groups excluding carboxylic acids is 1. The Bertz CT molecular complexity index is 1060. The second-order valence-electron chi connectivity index (χ2n) is 6.21. The van der Waals surface area contributed by atoms with Gasteiger partial charge in [-0.25, -0.2) is 23.3 Å². The zero-order chi connectivity index (χ0) is 20.1. The van der Waals surface area contributed by atoms with E-state index in [4.69, 9.17) is 5.14 Å². The molecule has 0 aliphatic rings. The molecule has 0 saturated carbocycles. The van der Waals surface area contributed by atoms with E-state index in [0.717, 1.165) is 16.3 Å². The average molecular weight is 417 g/mol. The highest BCUT2D eigenvalue weighted by Crippen LogP contribution is 2.24. The number of benzene rings is 2. The van der Waals surface area contributed by atoms with E-state index in [2.05, 4.69) is 27.8 Å². The fourth-order valence-electron chi connectivity index (χ4n) is 2.46. The lowest BCUT2D eigenvalue weighted by Gasteiger charge is -2.07. The summed E-state index contributed by atoms with van der Waals surface area (Å²) in [7, 11) is -3.75. The number of amides is 2. The first-order chi connectivity index (χ1) is 13.3. The minimum Gasteiger partial charge on any atom is -0.337 e. The molecule has 3 aromatic rings. The van der Waals surface area contributed by atoms with Crippen molar-refractivity contribution >= 4 is 33.1 Å². The number of rotatable bonds is 6. The second kappa shape index (κ2) is 8.51. The molecule has 0 aliphatic heterocycles. The van der Waals surface area contributed by atoms with E-state index in [0.29, 0.717) is 18.7 Å². The number of urea groups is 1. The predicted molar refractivity (Wildman–Crippen MR) is 111 cm³/mol. The Morgan fingerprint density at radius 3 is 2.43 bits per heavy atom. The second-order valence-corrected chi connectivity index (χ2v) is 8.63. The van der Waals surface area contributed by atoms with Crippen LogP contribution in [0.2, 0.25) is 0 Å². The van der Waals surface area contributed by atoms with Gasteiger partial charge >= 0.3 is 6.03 Å². The van der Waals surface area contributed by atoms with E-state index >= 15 is 0 Å². The van der Waals surface area contributed by atoms with Gasteiger partial charge in [0.25, 0.3) is 0 Å². The van der Waals surface area contributed by atoms with Crippen molar-refractivity contribution in [1.82, 2.24) is 10.3 Å². The van der Waals surface area contributed by atoms with Gasteiger partial charge in [0.2, 0.25) is 10.0 Å². The highest BCUT2D eigenvalue weighted by atomic mass is 32.2. The largest absolute Gasteiger partial charge is 0.337 e. The van der Waals surface area contributed by atoms with Crippen molar-refractivity contribution in [3.05, 3.63) is 65.2 Å². The molecule has 0 fully saturated rings. The van der Waals surface area contributed by atoms with Crippen LogP contribution in [0.15, 0.2) is 58.8 Å². The molecular formula is C19H20N4O3S2. The van der Waals surface area contributed by atoms with Crippen LogP contribution >= 0.6 is 11.3 Å². The van der Waals surface area contributed by atoms with Crippen LogP contribution < -0.4 is 15.8 Å². The summed E-state index contributed by atoms with van der Waals surface area (Å²) in [5.41, 5.74) is 3.67. The van der Waals surface area contributed by atoms with Crippen LogP contribution in [0.3, 0.4) is 0 Å². The predicted octanol–water partition coefficient (Wildman–Crippen LogP) is 3.13. The van der Waals surface area contributed by atoms with Crippen molar-refractivity contribution in [2.24, 2.45) is 5.14 Å². The molecule has 7 nitrogen and oxygen atoms in total. The van der Waals surface area contributed by atoms with Crippen LogP contribution in [0, 0.1) is 6.92 Å². The Morgan fingerprint density at radius 1 is 1.11 bits per heavy atom. The molecule has 0 saturated heterocycles. The lowest BCUT2D eigenvalue weighted by atomic mass is 10.2. The number of nitrogens with one attached hydrogen (secondary N) is 2. The first kappa shape index (κ1) is 20.0. The van der Waals surface area contributed by atoms with Crippen molar-refractivity contribution in [2.45, 2.75) is 18.2 Å². The van der Waals surface area contributed by atoms with Gasteiger partial charge in [0.05, 0.1) is 10.6 Å². The third kappa shape index (κ3) is 5.38. The maximum Gasteiger partial charge on any atom is 0.319 e. The summed E-state index contributed by atoms with van der Waals surface area (Å²) in [5.74, 6) is 0. The standard InChI is InChI=1S/C19H20N4O3S2/c1-13-2-4-14(5-3-13)18-22-16(12-27-18)10-11-21-19(24)23-15-6-8-17(9-7-15)28(20,25)26/h2-9,12H,10-11H2,1H3,(H2,20,25,26)(H2,21,23,24). The molecule has 0 bridgehead atoms. The molecule has 0 aliphatic carbocycles. The quantitative estimate of drug-likeness (QED) is 0.573. The van der Waals surface area contributed by atoms with E-state index in [1.807, 2.05) is 24.4 Å². The van der Waals surface area contributed by atoms with Crippen LogP contribution in [-0.2, 0) is 16.4 Å². The summed E-state index contributed by atoms with van der Waals surface area (Å²) in [4.78, 5) is 16.6. The molecule has 0 unspecified atom stereocenters. The van der Waals surface area contributed by atoms with E-state index in [1.54, 1.807) is 11.3 Å². The summed E-state index contributed by atoms with van der Waals surface area (Å²) < 4.78 is 22.4. The molecule has 3 rings (SSSR count). The molecule has 1 heterocycles. The number of sulfonamides is 1. The topological polar surface area (TPSA) is 114 Å². The summed E-state index contributed by atoms with van der Waals surface area (Å²) in [5, 5.41) is 13.4. The van der Waals surface area contributed by atoms with E-state index in [-0.39, 0.29) is 10.9 Å². The summed E-state index contributed by atoms with van der Waals surface area (Å²) in [6.07, 6.45) is 0.611. The Hall–Kier alpha value is -2.75. The van der Waals surface area contributed by atoms with Gasteiger partial charge in [0, 0.05) is 29.6 Å². The fraction of sp³-hybridized carbons (Fsp3) is 0.158. The van der Waals surface area contributed by atoms with Crippen LogP contribution in [0.5, 0.6) is 0 Å². The van der Waals surface area contributed by atoms with Gasteiger partial charge < -0.3 is 10.6 Å². The van der Waals surface area contributed by atoms with Crippen LogP contribution in [0.25, 0.3) is 10.6 Å². The molecule has 2 aromatic carbocycles. The smallest absolute Gasteiger partial charge is 0.319 e. The Labute approximate surface area is 167 Å². The Morgan fingerprint density at radius 2 is 1.79 bits per heavy atom. The number of hydrogen-bond donors (Lipinski definition) is 3. The number of carbonyl (C=O) groups is 1. The molecule has 146 valence electrons. The maximum atomic E-state index is 12.0. The van der Waals surface area contributed by atoms with Gasteiger partial charge in [-0.2, -0.15) is 0 Å². The fourth-order valence-corrected chi connectivity index (χ4v) is 3.83. The monoisotopic (exact) mass is 416 g/mol. The van der Waals surface area contributed by atoms with E-state index in [1.165, 1.54) is 29.8 Å². The number of nitrogens with zero attached hydrogens (tertiary/aromatic N) is 1. The van der Waals surface area contributed by atoms with Crippen LogP contribution in [-0.4, -0.2) is 26.0 Å². The van der Waals surface area contributed by atoms with Crippen molar-refractivity contribution < 1.29 is 13.2 Å². The minimum atomic E-state index is -3.75. The van der Waals surface area contributed by atoms with Gasteiger partial charge in [-0.05, 0) is 31.2 Å². The van der Waals surface area contributed by atoms with Crippen molar-refractivity contribution in [3.8, 4) is 10.6 Å². The number of nitrogens with two attached hydrogens (primary N) is 1. The number of anilines is 1. The molecule has 2 amide bonds. The van der Waals surface area contributed by atoms with Crippen molar-refractivity contribution in [1.29, 1.82) is 0 Å². The van der Waals surface area contributed by atoms with Gasteiger partial charge in [0.15, 0.2) is 0 Å². The molecule has 28 heavy (non-hydrogen) atoms. The maximum absolute atomic E-state index is 12.0. The van der Waals surface area contributed by atoms with E-state index < -0.39 is 10.0 Å². The highest BCUT2D eigenvalue weighted by Gasteiger charge is 2.09. The molecule has 0 radical (unpaired) electrons. The number of primary sulfonamides is 1. The summed E-state index contributed by atoms with van der Waals surface area (Å²) >= 11 is 1.57. The average Bonchev–Trinajstić information content (AvgIpc) is 3.11. The summed E-state index contributed by atoms with van der Waals surface area (Å²) in [6.45, 7) is 2.47. The number of hydrogen-bond acceptors (Lipinski definition) is 5. The van der Waals surface area contributed by atoms with Gasteiger partial charge in [-0.3, -0.25) is 0 Å². The van der Waals surface area contributed by atoms with Gasteiger partial charge in [-0.1, -0.05) is 29.8 Å². The van der Waals surface area contributed by atoms with Gasteiger partial charge in [-0.15, -0.1) is 11.3 Å². The normalized spacial score (nSPS) is 11.2. The third-order valence-corrected chi connectivity index (χ3v) is 5.83. The molecule has 9 heteroatoms. The van der Waals surface area contributed by atoms with Crippen molar-refractivity contribution in [2.75, 3.05) is 11.9 Å². The zero-order valence-corrected chi connectivity index (χ0v) is 16.8.